The average Bonchev–Trinajstić information content (AvgIpc) is 2.03. The molecule has 66 valence electrons. The van der Waals surface area contributed by atoms with E-state index in [4.69, 9.17) is 0 Å². The van der Waals surface area contributed by atoms with Crippen molar-refractivity contribution in [3.63, 3.8) is 0 Å². The van der Waals surface area contributed by atoms with Gasteiger partial charge in [-0.05, 0) is 0 Å². The van der Waals surface area contributed by atoms with E-state index in [2.05, 4.69) is 38.6 Å². The van der Waals surface area contributed by atoms with E-state index in [0.717, 1.165) is 26.3 Å². The fourth-order valence-electron chi connectivity index (χ4n) is 0.696. The molecule has 0 unspecified atom stereocenters. The van der Waals surface area contributed by atoms with Crippen molar-refractivity contribution >= 4 is 48.9 Å². The van der Waals surface area contributed by atoms with Crippen molar-refractivity contribution in [2.45, 2.75) is 37.9 Å². The summed E-state index contributed by atoms with van der Waals surface area (Å²) in [5, 5.41) is 1.51. The first-order valence-electron chi connectivity index (χ1n) is 3.95. The van der Waals surface area contributed by atoms with Gasteiger partial charge in [0.05, 0.1) is 0 Å². The zero-order valence-corrected chi connectivity index (χ0v) is 12.5. The molecule has 0 amide bonds. The average molecular weight is 396 g/mol. The summed E-state index contributed by atoms with van der Waals surface area (Å²) in [6, 6.07) is 0. The van der Waals surface area contributed by atoms with Crippen LogP contribution in [0, 0.1) is 0 Å². The molecular formula is C8H15ISe2. The third-order valence-electron chi connectivity index (χ3n) is 1.26. The molecule has 0 aliphatic heterocycles. The van der Waals surface area contributed by atoms with E-state index in [1.54, 1.807) is 0 Å². The molecule has 0 heterocycles. The van der Waals surface area contributed by atoms with Gasteiger partial charge in [0.2, 0.25) is 0 Å². The Balaban J connectivity index is 2.79. The third-order valence-corrected chi connectivity index (χ3v) is 8.98. The maximum absolute atomic E-state index is 2.34. The summed E-state index contributed by atoms with van der Waals surface area (Å²) in [5.41, 5.74) is 0. The van der Waals surface area contributed by atoms with Crippen molar-refractivity contribution in [3.8, 4) is 0 Å². The van der Waals surface area contributed by atoms with Crippen LogP contribution < -0.4 is 0 Å². The van der Waals surface area contributed by atoms with Crippen molar-refractivity contribution < 1.29 is 0 Å². The fourth-order valence-corrected chi connectivity index (χ4v) is 8.71. The predicted molar refractivity (Wildman–Crippen MR) is 63.6 cm³/mol. The van der Waals surface area contributed by atoms with Gasteiger partial charge in [0, 0.05) is 0 Å². The second kappa shape index (κ2) is 11.5. The first-order valence-corrected chi connectivity index (χ1v) is 11.7. The van der Waals surface area contributed by atoms with Gasteiger partial charge >= 0.3 is 95.8 Å². The van der Waals surface area contributed by atoms with Gasteiger partial charge in [0.25, 0.3) is 0 Å². The summed E-state index contributed by atoms with van der Waals surface area (Å²) in [5.74, 6) is 0. The Morgan fingerprint density at radius 3 is 2.73 bits per heavy atom. The molecule has 0 nitrogen and oxygen atoms in total. The van der Waals surface area contributed by atoms with E-state index >= 15 is 0 Å². The van der Waals surface area contributed by atoms with Crippen LogP contribution >= 0.6 is 22.6 Å². The molecule has 0 aromatic heterocycles. The van der Waals surface area contributed by atoms with Crippen molar-refractivity contribution in [2.75, 3.05) is 0 Å². The Bertz CT molecular complexity index is 94.1. The van der Waals surface area contributed by atoms with E-state index in [0.29, 0.717) is 0 Å². The SMILES string of the molecule is CCCCCC[Se][Se]/C=C/I. The Kier molecular flexibility index (Phi) is 13.1. The Hall–Kier alpha value is 1.51. The maximum atomic E-state index is 2.34. The van der Waals surface area contributed by atoms with Crippen LogP contribution in [0.15, 0.2) is 9.06 Å². The van der Waals surface area contributed by atoms with Crippen LogP contribution in [0.2, 0.25) is 5.32 Å². The summed E-state index contributed by atoms with van der Waals surface area (Å²) in [4.78, 5) is 2.34. The molecular weight excluding hydrogens is 381 g/mol. The minimum absolute atomic E-state index is 0.848. The molecule has 0 fully saturated rings. The summed E-state index contributed by atoms with van der Waals surface area (Å²) >= 11 is 4.10. The van der Waals surface area contributed by atoms with Crippen molar-refractivity contribution in [1.29, 1.82) is 0 Å². The van der Waals surface area contributed by atoms with E-state index in [-0.39, 0.29) is 0 Å². The van der Waals surface area contributed by atoms with Gasteiger partial charge in [0.15, 0.2) is 0 Å². The number of unbranched alkanes of at least 4 members (excludes halogenated alkanes) is 3. The topological polar surface area (TPSA) is 0 Å². The van der Waals surface area contributed by atoms with Crippen LogP contribution in [-0.4, -0.2) is 26.3 Å². The molecule has 0 atom stereocenters. The van der Waals surface area contributed by atoms with Crippen LogP contribution in [0.1, 0.15) is 32.6 Å². The zero-order valence-electron chi connectivity index (χ0n) is 6.88. The third kappa shape index (κ3) is 11.5. The number of halogens is 1. The molecule has 0 bridgehead atoms. The molecule has 0 rings (SSSR count). The van der Waals surface area contributed by atoms with Gasteiger partial charge in [-0.1, -0.05) is 0 Å². The number of hydrogen-bond donors (Lipinski definition) is 0. The normalized spacial score (nSPS) is 11.1. The predicted octanol–water partition coefficient (Wildman–Crippen LogP) is 3.21. The van der Waals surface area contributed by atoms with Crippen molar-refractivity contribution in [1.82, 2.24) is 0 Å². The monoisotopic (exact) mass is 398 g/mol. The second-order valence-electron chi connectivity index (χ2n) is 2.24. The second-order valence-corrected chi connectivity index (χ2v) is 9.95. The van der Waals surface area contributed by atoms with E-state index in [1.165, 1.54) is 31.0 Å². The Morgan fingerprint density at radius 2 is 2.09 bits per heavy atom. The summed E-state index contributed by atoms with van der Waals surface area (Å²) < 4.78 is 2.16. The standard InChI is InChI=1S/C8H15ISe2/c1-2-3-4-5-7-10-11-8-6-9/h6,8H,2-5,7H2,1H3/b8-6+. The quantitative estimate of drug-likeness (QED) is 0.353. The van der Waals surface area contributed by atoms with Gasteiger partial charge in [-0.25, -0.2) is 0 Å². The molecule has 0 aromatic rings. The molecule has 0 saturated heterocycles. The first-order chi connectivity index (χ1) is 5.41. The molecule has 11 heavy (non-hydrogen) atoms. The van der Waals surface area contributed by atoms with Crippen LogP contribution in [0.5, 0.6) is 0 Å². The van der Waals surface area contributed by atoms with E-state index in [1.807, 2.05) is 0 Å². The molecule has 0 spiro atoms. The number of hydrogen-bond acceptors (Lipinski definition) is 0. The first kappa shape index (κ1) is 12.5. The van der Waals surface area contributed by atoms with Gasteiger partial charge in [0.1, 0.15) is 0 Å². The molecule has 0 saturated carbocycles. The van der Waals surface area contributed by atoms with Crippen LogP contribution in [0.3, 0.4) is 0 Å². The summed E-state index contributed by atoms with van der Waals surface area (Å²) in [6.07, 6.45) is 5.74. The van der Waals surface area contributed by atoms with Crippen molar-refractivity contribution in [2.24, 2.45) is 0 Å². The molecule has 3 heteroatoms. The molecule has 0 aromatic carbocycles. The molecule has 0 N–H and O–H groups in total. The van der Waals surface area contributed by atoms with Gasteiger partial charge in [-0.3, -0.25) is 0 Å². The Labute approximate surface area is 95.0 Å². The summed E-state index contributed by atoms with van der Waals surface area (Å²) in [6.45, 7) is 2.27. The molecule has 0 radical (unpaired) electrons. The minimum atomic E-state index is 0.848. The fraction of sp³-hybridized carbons (Fsp3) is 0.750. The molecule has 0 aliphatic rings. The van der Waals surface area contributed by atoms with Crippen LogP contribution in [0.25, 0.3) is 0 Å². The van der Waals surface area contributed by atoms with E-state index < -0.39 is 0 Å². The van der Waals surface area contributed by atoms with Crippen molar-refractivity contribution in [3.05, 3.63) is 9.06 Å². The number of rotatable bonds is 7. The van der Waals surface area contributed by atoms with Gasteiger partial charge in [-0.2, -0.15) is 0 Å². The Morgan fingerprint density at radius 1 is 1.27 bits per heavy atom. The van der Waals surface area contributed by atoms with Crippen LogP contribution in [-0.2, 0) is 0 Å². The summed E-state index contributed by atoms with van der Waals surface area (Å²) in [7, 11) is 0. The molecule has 0 aliphatic carbocycles. The van der Waals surface area contributed by atoms with Crippen LogP contribution in [0.4, 0.5) is 0 Å². The zero-order chi connectivity index (χ0) is 8.36. The van der Waals surface area contributed by atoms with E-state index in [9.17, 15) is 0 Å². The van der Waals surface area contributed by atoms with Gasteiger partial charge in [-0.15, -0.1) is 0 Å². The van der Waals surface area contributed by atoms with Gasteiger partial charge < -0.3 is 0 Å².